The number of benzene rings is 1. The lowest BCUT2D eigenvalue weighted by Crippen LogP contribution is -2.15. The van der Waals surface area contributed by atoms with Crippen LogP contribution in [0.3, 0.4) is 0 Å². The van der Waals surface area contributed by atoms with Gasteiger partial charge in [-0.3, -0.25) is 4.79 Å². The lowest BCUT2D eigenvalue weighted by molar-refractivity contribution is 0.102. The second-order valence-corrected chi connectivity index (χ2v) is 3.83. The van der Waals surface area contributed by atoms with Crippen LogP contribution in [0.25, 0.3) is 0 Å². The van der Waals surface area contributed by atoms with Crippen LogP contribution in [0.2, 0.25) is 0 Å². The van der Waals surface area contributed by atoms with Crippen molar-refractivity contribution in [3.63, 3.8) is 0 Å². The minimum absolute atomic E-state index is 0.244. The summed E-state index contributed by atoms with van der Waals surface area (Å²) in [6.07, 6.45) is 1.51. The molecule has 1 aromatic heterocycles. The zero-order chi connectivity index (χ0) is 13.8. The van der Waals surface area contributed by atoms with Crippen LogP contribution in [-0.2, 0) is 6.54 Å². The summed E-state index contributed by atoms with van der Waals surface area (Å²) in [5.74, 6) is -2.08. The van der Waals surface area contributed by atoms with Gasteiger partial charge in [0, 0.05) is 18.8 Å². The second-order valence-electron chi connectivity index (χ2n) is 3.83. The monoisotopic (exact) mass is 263 g/mol. The Hall–Kier alpha value is -2.34. The van der Waals surface area contributed by atoms with Gasteiger partial charge in [0.2, 0.25) is 0 Å². The van der Waals surface area contributed by atoms with Crippen molar-refractivity contribution in [2.24, 2.45) is 5.73 Å². The van der Waals surface area contributed by atoms with E-state index in [9.17, 15) is 13.6 Å². The van der Waals surface area contributed by atoms with Gasteiger partial charge in [-0.15, -0.1) is 0 Å². The molecule has 2 aromatic rings. The van der Waals surface area contributed by atoms with Gasteiger partial charge in [-0.25, -0.2) is 13.8 Å². The Kier molecular flexibility index (Phi) is 3.82. The molecule has 0 spiro atoms. The molecule has 4 nitrogen and oxygen atoms in total. The van der Waals surface area contributed by atoms with Crippen molar-refractivity contribution in [3.8, 4) is 0 Å². The van der Waals surface area contributed by atoms with Gasteiger partial charge >= 0.3 is 0 Å². The third-order valence-electron chi connectivity index (χ3n) is 2.48. The Morgan fingerprint density at radius 1 is 1.26 bits per heavy atom. The largest absolute Gasteiger partial charge is 0.326 e. The van der Waals surface area contributed by atoms with E-state index in [1.165, 1.54) is 6.20 Å². The maximum absolute atomic E-state index is 13.4. The maximum Gasteiger partial charge on any atom is 0.259 e. The zero-order valence-electron chi connectivity index (χ0n) is 9.86. The molecule has 6 heteroatoms. The predicted octanol–water partition coefficient (Wildman–Crippen LogP) is 2.07. The number of aromatic nitrogens is 1. The van der Waals surface area contributed by atoms with E-state index < -0.39 is 17.5 Å². The highest BCUT2D eigenvalue weighted by Gasteiger charge is 2.12. The number of nitrogens with two attached hydrogens (primary N) is 1. The molecule has 0 atom stereocenters. The molecular weight excluding hydrogens is 252 g/mol. The van der Waals surface area contributed by atoms with Gasteiger partial charge in [0.15, 0.2) is 0 Å². The molecule has 3 N–H and O–H groups in total. The average Bonchev–Trinajstić information content (AvgIpc) is 2.39. The number of hydrogen-bond acceptors (Lipinski definition) is 3. The molecule has 2 rings (SSSR count). The molecule has 0 saturated carbocycles. The van der Waals surface area contributed by atoms with Gasteiger partial charge < -0.3 is 11.1 Å². The molecule has 0 aliphatic rings. The van der Waals surface area contributed by atoms with Crippen molar-refractivity contribution in [2.75, 3.05) is 5.32 Å². The summed E-state index contributed by atoms with van der Waals surface area (Å²) in [7, 11) is 0. The van der Waals surface area contributed by atoms with E-state index in [0.29, 0.717) is 12.6 Å². The lowest BCUT2D eigenvalue weighted by atomic mass is 10.2. The van der Waals surface area contributed by atoms with Crippen LogP contribution in [-0.4, -0.2) is 10.9 Å². The molecule has 1 heterocycles. The molecule has 1 amide bonds. The van der Waals surface area contributed by atoms with Crippen molar-refractivity contribution in [1.82, 2.24) is 4.98 Å². The van der Waals surface area contributed by atoms with E-state index >= 15 is 0 Å². The number of nitrogens with one attached hydrogen (secondary N) is 1. The number of anilines is 1. The molecule has 0 saturated heterocycles. The second kappa shape index (κ2) is 5.53. The van der Waals surface area contributed by atoms with Crippen LogP contribution in [0.5, 0.6) is 0 Å². The number of amides is 1. The zero-order valence-corrected chi connectivity index (χ0v) is 9.86. The smallest absolute Gasteiger partial charge is 0.259 e. The fourth-order valence-corrected chi connectivity index (χ4v) is 1.48. The molecule has 0 unspecified atom stereocenters. The van der Waals surface area contributed by atoms with Crippen LogP contribution in [0.4, 0.5) is 14.6 Å². The first kappa shape index (κ1) is 13.1. The molecule has 19 heavy (non-hydrogen) atoms. The number of pyridine rings is 1. The maximum atomic E-state index is 13.4. The standard InChI is InChI=1S/C13H11F2N3O/c14-9-2-3-10(11(15)5-9)13(19)18-12-4-1-8(6-16)7-17-12/h1-5,7H,6,16H2,(H,17,18,19). The van der Waals surface area contributed by atoms with E-state index in [1.807, 2.05) is 0 Å². The summed E-state index contributed by atoms with van der Waals surface area (Å²) < 4.78 is 26.1. The third kappa shape index (κ3) is 3.11. The topological polar surface area (TPSA) is 68.0 Å². The highest BCUT2D eigenvalue weighted by atomic mass is 19.1. The Morgan fingerprint density at radius 2 is 2.05 bits per heavy atom. The van der Waals surface area contributed by atoms with Crippen molar-refractivity contribution in [2.45, 2.75) is 6.54 Å². The van der Waals surface area contributed by atoms with Gasteiger partial charge in [0.25, 0.3) is 5.91 Å². The van der Waals surface area contributed by atoms with Crippen LogP contribution < -0.4 is 11.1 Å². The summed E-state index contributed by atoms with van der Waals surface area (Å²) in [6.45, 7) is 0.341. The SMILES string of the molecule is NCc1ccc(NC(=O)c2ccc(F)cc2F)nc1. The fraction of sp³-hybridized carbons (Fsp3) is 0.0769. The average molecular weight is 263 g/mol. The van der Waals surface area contributed by atoms with Crippen molar-refractivity contribution in [3.05, 3.63) is 59.3 Å². The minimum atomic E-state index is -0.920. The first-order valence-corrected chi connectivity index (χ1v) is 5.51. The molecule has 1 aromatic carbocycles. The van der Waals surface area contributed by atoms with E-state index in [0.717, 1.165) is 17.7 Å². The van der Waals surface area contributed by atoms with Crippen LogP contribution in [0.1, 0.15) is 15.9 Å². The molecule has 98 valence electrons. The summed E-state index contributed by atoms with van der Waals surface area (Å²) in [4.78, 5) is 15.7. The summed E-state index contributed by atoms with van der Waals surface area (Å²) in [5, 5.41) is 2.42. The van der Waals surface area contributed by atoms with Gasteiger partial charge in [0.05, 0.1) is 5.56 Å². The molecule has 0 aliphatic heterocycles. The van der Waals surface area contributed by atoms with Gasteiger partial charge in [0.1, 0.15) is 17.5 Å². The van der Waals surface area contributed by atoms with Crippen LogP contribution >= 0.6 is 0 Å². The van der Waals surface area contributed by atoms with Crippen LogP contribution in [0.15, 0.2) is 36.5 Å². The van der Waals surface area contributed by atoms with E-state index in [2.05, 4.69) is 10.3 Å². The summed E-state index contributed by atoms with van der Waals surface area (Å²) >= 11 is 0. The fourth-order valence-electron chi connectivity index (χ4n) is 1.48. The highest BCUT2D eigenvalue weighted by Crippen LogP contribution is 2.12. The highest BCUT2D eigenvalue weighted by molar-refractivity contribution is 6.03. The number of nitrogens with zero attached hydrogens (tertiary/aromatic N) is 1. The molecule has 0 radical (unpaired) electrons. The summed E-state index contributed by atoms with van der Waals surface area (Å²) in [5.41, 5.74) is 5.98. The predicted molar refractivity (Wildman–Crippen MR) is 66.4 cm³/mol. The van der Waals surface area contributed by atoms with E-state index in [4.69, 9.17) is 5.73 Å². The van der Waals surface area contributed by atoms with Crippen molar-refractivity contribution < 1.29 is 13.6 Å². The Labute approximate surface area is 108 Å². The minimum Gasteiger partial charge on any atom is -0.326 e. The van der Waals surface area contributed by atoms with E-state index in [1.54, 1.807) is 12.1 Å². The first-order chi connectivity index (χ1) is 9.10. The number of carbonyl (C=O) groups is 1. The van der Waals surface area contributed by atoms with Gasteiger partial charge in [-0.2, -0.15) is 0 Å². The van der Waals surface area contributed by atoms with E-state index in [-0.39, 0.29) is 11.4 Å². The molecular formula is C13H11F2N3O. The third-order valence-corrected chi connectivity index (χ3v) is 2.48. The van der Waals surface area contributed by atoms with Crippen LogP contribution in [0, 0.1) is 11.6 Å². The van der Waals surface area contributed by atoms with Crippen molar-refractivity contribution >= 4 is 11.7 Å². The normalized spacial score (nSPS) is 10.3. The number of hydrogen-bond donors (Lipinski definition) is 2. The first-order valence-electron chi connectivity index (χ1n) is 5.51. The van der Waals surface area contributed by atoms with Gasteiger partial charge in [-0.05, 0) is 23.8 Å². The Morgan fingerprint density at radius 3 is 2.63 bits per heavy atom. The lowest BCUT2D eigenvalue weighted by Gasteiger charge is -2.06. The van der Waals surface area contributed by atoms with Gasteiger partial charge in [-0.1, -0.05) is 6.07 Å². The molecule has 0 aliphatic carbocycles. The molecule has 0 fully saturated rings. The Balaban J connectivity index is 2.15. The summed E-state index contributed by atoms with van der Waals surface area (Å²) in [6, 6.07) is 6.00. The number of carbonyl (C=O) groups excluding carboxylic acids is 1. The quantitative estimate of drug-likeness (QED) is 0.890. The number of rotatable bonds is 3. The Bertz CT molecular complexity index is 599. The molecule has 0 bridgehead atoms. The van der Waals surface area contributed by atoms with Crippen molar-refractivity contribution in [1.29, 1.82) is 0 Å². The number of halogens is 2.